The Morgan fingerprint density at radius 3 is 1.18 bits per heavy atom. The molecular formula is C24H44O8Ti. The second-order valence-corrected chi connectivity index (χ2v) is 8.74. The molecule has 0 aliphatic heterocycles. The molecular weight excluding hydrogens is 464 g/mol. The van der Waals surface area contributed by atoms with Crippen molar-refractivity contribution < 1.29 is 56.0 Å². The van der Waals surface area contributed by atoms with E-state index in [2.05, 4.69) is 13.8 Å². The monoisotopic (exact) mass is 508 g/mol. The van der Waals surface area contributed by atoms with Crippen LogP contribution in [0.1, 0.15) is 118 Å². The van der Waals surface area contributed by atoms with E-state index in [-0.39, 0.29) is 11.6 Å². The predicted octanol–water partition coefficient (Wildman–Crippen LogP) is 3.08. The number of ketones is 2. The summed E-state index contributed by atoms with van der Waals surface area (Å²) in [6.07, 6.45) is 10.3. The van der Waals surface area contributed by atoms with Gasteiger partial charge in [-0.1, -0.05) is 39.5 Å². The maximum atomic E-state index is 10.7. The van der Waals surface area contributed by atoms with E-state index in [1.165, 1.54) is 25.7 Å². The summed E-state index contributed by atoms with van der Waals surface area (Å²) in [5, 5.41) is 19.8. The Hall–Kier alpha value is -1.09. The van der Waals surface area contributed by atoms with E-state index >= 15 is 0 Å². The second-order valence-electron chi connectivity index (χ2n) is 7.58. The summed E-state index contributed by atoms with van der Waals surface area (Å²) in [5.41, 5.74) is 0. The summed E-state index contributed by atoms with van der Waals surface area (Å²) >= 11 is -0.519. The van der Waals surface area contributed by atoms with Crippen molar-refractivity contribution in [3.8, 4) is 0 Å². The SMILES string of the molecule is CCCCCC(=O)CC(=O)[O-].CCCCCC(=O)CC(=O)[O-].CCCC[O][Ti+2][O]CCCC. The molecule has 0 N–H and O–H groups in total. The average molecular weight is 508 g/mol. The van der Waals surface area contributed by atoms with E-state index < -0.39 is 44.7 Å². The fourth-order valence-electron chi connectivity index (χ4n) is 2.20. The Labute approximate surface area is 210 Å². The van der Waals surface area contributed by atoms with Gasteiger partial charge in [0.15, 0.2) is 0 Å². The Morgan fingerprint density at radius 2 is 0.909 bits per heavy atom. The molecule has 0 bridgehead atoms. The Morgan fingerprint density at radius 1 is 0.576 bits per heavy atom. The van der Waals surface area contributed by atoms with Gasteiger partial charge in [0.25, 0.3) is 0 Å². The molecule has 0 aliphatic rings. The van der Waals surface area contributed by atoms with Gasteiger partial charge in [-0.15, -0.1) is 0 Å². The fraction of sp³-hybridized carbons (Fsp3) is 0.833. The molecule has 0 aliphatic carbocycles. The minimum absolute atomic E-state index is 0.224. The summed E-state index contributed by atoms with van der Waals surface area (Å²) in [6, 6.07) is 0. The van der Waals surface area contributed by atoms with Gasteiger partial charge in [-0.3, -0.25) is 9.59 Å². The topological polar surface area (TPSA) is 133 Å². The Kier molecular flexibility index (Phi) is 34.2. The van der Waals surface area contributed by atoms with Gasteiger partial charge in [0, 0.05) is 37.6 Å². The zero-order chi connectivity index (χ0) is 25.7. The Balaban J connectivity index is -0.000000409. The van der Waals surface area contributed by atoms with Crippen molar-refractivity contribution in [2.45, 2.75) is 118 Å². The first-order chi connectivity index (χ1) is 15.7. The van der Waals surface area contributed by atoms with Crippen LogP contribution in [-0.4, -0.2) is 36.7 Å². The molecule has 0 fully saturated rings. The number of carboxylic acids is 2. The number of rotatable bonds is 20. The molecule has 0 aromatic carbocycles. The van der Waals surface area contributed by atoms with E-state index in [0.29, 0.717) is 12.8 Å². The van der Waals surface area contributed by atoms with Crippen molar-refractivity contribution in [2.24, 2.45) is 0 Å². The van der Waals surface area contributed by atoms with Crippen LogP contribution < -0.4 is 10.2 Å². The minimum atomic E-state index is -1.27. The van der Waals surface area contributed by atoms with Crippen LogP contribution >= 0.6 is 0 Å². The summed E-state index contributed by atoms with van der Waals surface area (Å²) in [4.78, 5) is 41.2. The molecule has 0 rings (SSSR count). The number of carbonyl (C=O) groups excluding carboxylic acids is 4. The van der Waals surface area contributed by atoms with E-state index in [4.69, 9.17) is 6.64 Å². The first kappa shape index (κ1) is 36.5. The van der Waals surface area contributed by atoms with E-state index in [1.54, 1.807) is 0 Å². The number of Topliss-reactive ketones (excluding diaryl/α,β-unsaturated/α-hetero) is 2. The quantitative estimate of drug-likeness (QED) is 0.139. The molecule has 192 valence electrons. The summed E-state index contributed by atoms with van der Waals surface area (Å²) < 4.78 is 10.6. The second kappa shape index (κ2) is 30.9. The van der Waals surface area contributed by atoms with Crippen LogP contribution in [0.3, 0.4) is 0 Å². The number of hydrogen-bond donors (Lipinski definition) is 0. The first-order valence-electron chi connectivity index (χ1n) is 12.2. The van der Waals surface area contributed by atoms with Gasteiger partial charge in [-0.25, -0.2) is 0 Å². The van der Waals surface area contributed by atoms with E-state index in [1.807, 2.05) is 13.8 Å². The van der Waals surface area contributed by atoms with Crippen LogP contribution in [0.15, 0.2) is 0 Å². The zero-order valence-electron chi connectivity index (χ0n) is 21.1. The fourth-order valence-corrected chi connectivity index (χ4v) is 3.04. The first-order valence-corrected chi connectivity index (χ1v) is 13.4. The van der Waals surface area contributed by atoms with Crippen LogP contribution in [0.25, 0.3) is 0 Å². The molecule has 0 atom stereocenters. The van der Waals surface area contributed by atoms with E-state index in [0.717, 1.165) is 51.7 Å². The van der Waals surface area contributed by atoms with Crippen LogP contribution in [0, 0.1) is 0 Å². The number of hydrogen-bond acceptors (Lipinski definition) is 8. The number of carboxylic acid groups (broad SMARTS) is 2. The average Bonchev–Trinajstić information content (AvgIpc) is 2.73. The number of carbonyl (C=O) groups is 4. The van der Waals surface area contributed by atoms with Crippen molar-refractivity contribution in [3.05, 3.63) is 0 Å². The Bertz CT molecular complexity index is 441. The molecule has 8 nitrogen and oxygen atoms in total. The summed E-state index contributed by atoms with van der Waals surface area (Å²) in [7, 11) is 0. The molecule has 0 aromatic rings. The summed E-state index contributed by atoms with van der Waals surface area (Å²) in [5.74, 6) is -2.99. The van der Waals surface area contributed by atoms with Crippen molar-refractivity contribution in [1.82, 2.24) is 0 Å². The van der Waals surface area contributed by atoms with Crippen LogP contribution in [0.2, 0.25) is 0 Å². The molecule has 0 unspecified atom stereocenters. The van der Waals surface area contributed by atoms with Crippen molar-refractivity contribution in [2.75, 3.05) is 13.2 Å². The molecule has 33 heavy (non-hydrogen) atoms. The number of unbranched alkanes of at least 4 members (excludes halogenated alkanes) is 6. The third-order valence-electron chi connectivity index (χ3n) is 4.12. The molecule has 0 amide bonds. The van der Waals surface area contributed by atoms with Gasteiger partial charge < -0.3 is 19.8 Å². The zero-order valence-corrected chi connectivity index (χ0v) is 22.6. The van der Waals surface area contributed by atoms with Gasteiger partial charge in [0.1, 0.15) is 11.6 Å². The normalized spacial score (nSPS) is 9.58. The third-order valence-corrected chi connectivity index (χ3v) is 5.12. The molecule has 0 aromatic heterocycles. The molecule has 0 saturated carbocycles. The maximum absolute atomic E-state index is 10.7. The van der Waals surface area contributed by atoms with Gasteiger partial charge in [-0.2, -0.15) is 0 Å². The third kappa shape index (κ3) is 41.6. The van der Waals surface area contributed by atoms with Gasteiger partial charge in [-0.05, 0) is 12.8 Å². The van der Waals surface area contributed by atoms with Crippen LogP contribution in [-0.2, 0) is 45.7 Å². The van der Waals surface area contributed by atoms with Gasteiger partial charge >= 0.3 is 79.3 Å². The standard InChI is InChI=1S/2C8H14O3.2C4H9O.Ti/c2*1-2-3-4-5-7(9)6-8(10)11;2*1-2-3-4-5;/h2*2-6H2,1H3,(H,10,11);2*2-4H2,1H3;/q;;2*-1;+4/p-2. The molecule has 0 heterocycles. The van der Waals surface area contributed by atoms with Gasteiger partial charge in [0.2, 0.25) is 0 Å². The molecule has 0 spiro atoms. The van der Waals surface area contributed by atoms with E-state index in [9.17, 15) is 29.4 Å². The van der Waals surface area contributed by atoms with Crippen LogP contribution in [0.5, 0.6) is 0 Å². The summed E-state index contributed by atoms with van der Waals surface area (Å²) in [6.45, 7) is 10.2. The van der Waals surface area contributed by atoms with Crippen molar-refractivity contribution in [1.29, 1.82) is 0 Å². The predicted molar refractivity (Wildman–Crippen MR) is 119 cm³/mol. The molecule has 0 radical (unpaired) electrons. The van der Waals surface area contributed by atoms with Gasteiger partial charge in [0.05, 0.1) is 0 Å². The van der Waals surface area contributed by atoms with Crippen molar-refractivity contribution >= 4 is 23.5 Å². The van der Waals surface area contributed by atoms with Crippen LogP contribution in [0.4, 0.5) is 0 Å². The van der Waals surface area contributed by atoms with Crippen molar-refractivity contribution in [3.63, 3.8) is 0 Å². The molecule has 9 heteroatoms. The number of aliphatic carboxylic acids is 2. The molecule has 0 saturated heterocycles.